The lowest BCUT2D eigenvalue weighted by molar-refractivity contribution is -0.116. The molecule has 0 fully saturated rings. The number of carbonyl (C=O) groups excluding carboxylic acids is 1. The van der Waals surface area contributed by atoms with E-state index in [0.29, 0.717) is 18.5 Å². The number of halogens is 1. The first-order valence-electron chi connectivity index (χ1n) is 8.67. The molecular weight excluding hydrogens is 367 g/mol. The van der Waals surface area contributed by atoms with E-state index < -0.39 is 10.0 Å². The summed E-state index contributed by atoms with van der Waals surface area (Å²) in [5, 5.41) is 2.60. The fraction of sp³-hybridized carbons (Fsp3) is 0.250. The molecule has 27 heavy (non-hydrogen) atoms. The van der Waals surface area contributed by atoms with Crippen molar-refractivity contribution < 1.29 is 17.6 Å². The van der Waals surface area contributed by atoms with Gasteiger partial charge in [-0.1, -0.05) is 30.3 Å². The molecule has 2 aromatic rings. The molecule has 0 bridgehead atoms. The highest BCUT2D eigenvalue weighted by Crippen LogP contribution is 2.29. The van der Waals surface area contributed by atoms with Gasteiger partial charge in [0.05, 0.1) is 11.4 Å². The number of nitrogens with one attached hydrogen (secondary N) is 1. The third-order valence-electron chi connectivity index (χ3n) is 4.49. The van der Waals surface area contributed by atoms with Crippen LogP contribution in [0.1, 0.15) is 18.1 Å². The summed E-state index contributed by atoms with van der Waals surface area (Å²) in [6.07, 6.45) is 2.08. The minimum absolute atomic E-state index is 0.0209. The van der Waals surface area contributed by atoms with Gasteiger partial charge in [-0.2, -0.15) is 0 Å². The molecule has 1 aliphatic heterocycles. The van der Waals surface area contributed by atoms with Crippen molar-refractivity contribution in [3.05, 3.63) is 71.6 Å². The monoisotopic (exact) mass is 388 g/mol. The Kier molecular flexibility index (Phi) is 5.60. The van der Waals surface area contributed by atoms with E-state index in [1.54, 1.807) is 25.1 Å². The molecule has 142 valence electrons. The van der Waals surface area contributed by atoms with Crippen molar-refractivity contribution in [1.29, 1.82) is 0 Å². The summed E-state index contributed by atoms with van der Waals surface area (Å²) in [6.45, 7) is 2.19. The molecule has 3 rings (SSSR count). The molecular formula is C20H21FN2O3S. The lowest BCUT2D eigenvalue weighted by Gasteiger charge is -2.19. The van der Waals surface area contributed by atoms with E-state index in [2.05, 4.69) is 5.32 Å². The fourth-order valence-corrected chi connectivity index (χ4v) is 4.48. The molecule has 1 amide bonds. The first kappa shape index (κ1) is 19.1. The maximum Gasteiger partial charge on any atom is 0.244 e. The smallest absolute Gasteiger partial charge is 0.244 e. The number of anilines is 1. The normalized spacial score (nSPS) is 14.1. The van der Waals surface area contributed by atoms with Gasteiger partial charge < -0.3 is 5.32 Å². The molecule has 0 aromatic heterocycles. The summed E-state index contributed by atoms with van der Waals surface area (Å²) < 4.78 is 39.5. The molecule has 0 saturated carbocycles. The Morgan fingerprint density at radius 3 is 2.63 bits per heavy atom. The van der Waals surface area contributed by atoms with Gasteiger partial charge >= 0.3 is 0 Å². The Balaban J connectivity index is 1.57. The Morgan fingerprint density at radius 1 is 1.19 bits per heavy atom. The average Bonchev–Trinajstić information content (AvgIpc) is 3.07. The predicted octanol–water partition coefficient (Wildman–Crippen LogP) is 2.74. The summed E-state index contributed by atoms with van der Waals surface area (Å²) >= 11 is 0. The van der Waals surface area contributed by atoms with Gasteiger partial charge in [0.25, 0.3) is 0 Å². The summed E-state index contributed by atoms with van der Waals surface area (Å²) in [6, 6.07) is 13.3. The van der Waals surface area contributed by atoms with Gasteiger partial charge in [-0.15, -0.1) is 0 Å². The van der Waals surface area contributed by atoms with Gasteiger partial charge in [-0.25, -0.2) is 12.8 Å². The van der Waals surface area contributed by atoms with E-state index in [1.807, 2.05) is 18.2 Å². The molecule has 5 nitrogen and oxygen atoms in total. The number of benzene rings is 2. The molecule has 7 heteroatoms. The first-order valence-corrected chi connectivity index (χ1v) is 10.3. The number of fused-ring (bicyclic) bond motifs is 1. The molecule has 1 N–H and O–H groups in total. The van der Waals surface area contributed by atoms with Crippen LogP contribution in [-0.4, -0.2) is 33.2 Å². The number of rotatable bonds is 6. The van der Waals surface area contributed by atoms with Crippen LogP contribution in [0, 0.1) is 5.82 Å². The lowest BCUT2D eigenvalue weighted by atomic mass is 10.1. The molecule has 0 saturated heterocycles. The maximum atomic E-state index is 13.0. The van der Waals surface area contributed by atoms with Gasteiger partial charge in [0.1, 0.15) is 5.82 Å². The standard InChI is InChI=1S/C20H21FN2O3S/c1-15(16-6-8-18(21)9-7-16)14-20(24)22-11-13-27(25,26)23-12-10-17-4-2-3-5-19(17)23/h2-9,14H,10-13H2,1H3,(H,22,24)/b15-14+. The zero-order valence-corrected chi connectivity index (χ0v) is 15.8. The van der Waals surface area contributed by atoms with E-state index in [0.717, 1.165) is 16.8 Å². The third kappa shape index (κ3) is 4.54. The third-order valence-corrected chi connectivity index (χ3v) is 6.26. The number of nitrogens with zero attached hydrogens (tertiary/aromatic N) is 1. The summed E-state index contributed by atoms with van der Waals surface area (Å²) in [5.41, 5.74) is 3.13. The summed E-state index contributed by atoms with van der Waals surface area (Å²) in [7, 11) is -3.50. The topological polar surface area (TPSA) is 66.5 Å². The highest BCUT2D eigenvalue weighted by atomic mass is 32.2. The number of hydrogen-bond donors (Lipinski definition) is 1. The van der Waals surface area contributed by atoms with Crippen LogP contribution in [-0.2, 0) is 21.2 Å². The van der Waals surface area contributed by atoms with Gasteiger partial charge in [0.15, 0.2) is 0 Å². The Hall–Kier alpha value is -2.67. The fourth-order valence-electron chi connectivity index (χ4n) is 3.05. The minimum Gasteiger partial charge on any atom is -0.351 e. The Morgan fingerprint density at radius 2 is 1.89 bits per heavy atom. The van der Waals surface area contributed by atoms with Crippen LogP contribution in [0.3, 0.4) is 0 Å². The van der Waals surface area contributed by atoms with Crippen molar-refractivity contribution in [2.75, 3.05) is 23.1 Å². The van der Waals surface area contributed by atoms with Gasteiger partial charge in [0.2, 0.25) is 15.9 Å². The van der Waals surface area contributed by atoms with E-state index >= 15 is 0 Å². The second kappa shape index (κ2) is 7.92. The maximum absolute atomic E-state index is 13.0. The molecule has 2 aromatic carbocycles. The lowest BCUT2D eigenvalue weighted by Crippen LogP contribution is -2.36. The zero-order chi connectivity index (χ0) is 19.4. The summed E-state index contributed by atoms with van der Waals surface area (Å²) in [4.78, 5) is 12.0. The first-order chi connectivity index (χ1) is 12.9. The van der Waals surface area contributed by atoms with Crippen LogP contribution < -0.4 is 9.62 Å². The van der Waals surface area contributed by atoms with Crippen molar-refractivity contribution in [2.45, 2.75) is 13.3 Å². The second-order valence-corrected chi connectivity index (χ2v) is 8.40. The number of amides is 1. The average molecular weight is 388 g/mol. The van der Waals surface area contributed by atoms with Crippen LogP contribution >= 0.6 is 0 Å². The van der Waals surface area contributed by atoms with Crippen molar-refractivity contribution in [1.82, 2.24) is 5.32 Å². The summed E-state index contributed by atoms with van der Waals surface area (Å²) in [5.74, 6) is -0.894. The highest BCUT2D eigenvalue weighted by Gasteiger charge is 2.28. The van der Waals surface area contributed by atoms with E-state index in [4.69, 9.17) is 0 Å². The molecule has 0 radical (unpaired) electrons. The predicted molar refractivity (Wildman–Crippen MR) is 104 cm³/mol. The second-order valence-electron chi connectivity index (χ2n) is 6.39. The molecule has 0 atom stereocenters. The number of carbonyl (C=O) groups is 1. The van der Waals surface area contributed by atoms with E-state index in [1.165, 1.54) is 22.5 Å². The number of allylic oxidation sites excluding steroid dienone is 1. The van der Waals surface area contributed by atoms with Crippen molar-refractivity contribution in [2.24, 2.45) is 0 Å². The number of para-hydroxylation sites is 1. The van der Waals surface area contributed by atoms with Crippen molar-refractivity contribution >= 4 is 27.2 Å². The SMILES string of the molecule is C/C(=C\C(=O)NCCS(=O)(=O)N1CCc2ccccc21)c1ccc(F)cc1. The molecule has 1 aliphatic rings. The minimum atomic E-state index is -3.50. The quantitative estimate of drug-likeness (QED) is 0.774. The van der Waals surface area contributed by atoms with E-state index in [9.17, 15) is 17.6 Å². The number of sulfonamides is 1. The van der Waals surface area contributed by atoms with Crippen molar-refractivity contribution in [3.8, 4) is 0 Å². The zero-order valence-electron chi connectivity index (χ0n) is 15.0. The number of hydrogen-bond acceptors (Lipinski definition) is 3. The molecule has 1 heterocycles. The van der Waals surface area contributed by atoms with Crippen LogP contribution in [0.2, 0.25) is 0 Å². The van der Waals surface area contributed by atoms with Crippen molar-refractivity contribution in [3.63, 3.8) is 0 Å². The van der Waals surface area contributed by atoms with E-state index in [-0.39, 0.29) is 24.0 Å². The molecule has 0 unspecified atom stereocenters. The Bertz CT molecular complexity index is 969. The molecule has 0 spiro atoms. The van der Waals surface area contributed by atoms with Gasteiger partial charge in [0, 0.05) is 19.2 Å². The Labute approximate surface area is 158 Å². The van der Waals surface area contributed by atoms with Crippen LogP contribution in [0.15, 0.2) is 54.6 Å². The van der Waals surface area contributed by atoms with Gasteiger partial charge in [-0.3, -0.25) is 9.10 Å². The molecule has 0 aliphatic carbocycles. The van der Waals surface area contributed by atoms with Crippen LogP contribution in [0.5, 0.6) is 0 Å². The van der Waals surface area contributed by atoms with Gasteiger partial charge in [-0.05, 0) is 48.2 Å². The largest absolute Gasteiger partial charge is 0.351 e. The van der Waals surface area contributed by atoms with Crippen LogP contribution in [0.4, 0.5) is 10.1 Å². The van der Waals surface area contributed by atoms with Crippen LogP contribution in [0.25, 0.3) is 5.57 Å². The highest BCUT2D eigenvalue weighted by molar-refractivity contribution is 7.92.